The van der Waals surface area contributed by atoms with E-state index in [1.165, 1.54) is 11.3 Å². The number of aliphatic imine (C=N–C) groups is 1. The molecule has 3 N–H and O–H groups in total. The monoisotopic (exact) mass is 494 g/mol. The first-order valence-electron chi connectivity index (χ1n) is 9.52. The molecule has 0 radical (unpaired) electrons. The number of fused-ring (bicyclic) bond motifs is 2. The molecule has 0 aliphatic carbocycles. The van der Waals surface area contributed by atoms with Gasteiger partial charge in [0.1, 0.15) is 0 Å². The maximum absolute atomic E-state index is 6.07. The second-order valence-corrected chi connectivity index (χ2v) is 6.98. The van der Waals surface area contributed by atoms with Gasteiger partial charge < -0.3 is 25.4 Å². The van der Waals surface area contributed by atoms with Gasteiger partial charge in [0.25, 0.3) is 0 Å². The average molecular weight is 494 g/mol. The Morgan fingerprint density at radius 2 is 1.96 bits per heavy atom. The molecule has 1 unspecified atom stereocenters. The summed E-state index contributed by atoms with van der Waals surface area (Å²) in [5.74, 6) is 1.92. The van der Waals surface area contributed by atoms with Gasteiger partial charge in [0.2, 0.25) is 0 Å². The molecule has 0 amide bonds. The van der Waals surface area contributed by atoms with Crippen LogP contribution in [0.25, 0.3) is 0 Å². The number of halogens is 1. The van der Waals surface area contributed by atoms with Crippen molar-refractivity contribution in [3.8, 4) is 11.5 Å². The van der Waals surface area contributed by atoms with Crippen molar-refractivity contribution in [1.29, 1.82) is 0 Å². The quantitative estimate of drug-likeness (QED) is 0.386. The number of nitrogens with one attached hydrogen (secondary N) is 1. The first-order valence-corrected chi connectivity index (χ1v) is 9.52. The van der Waals surface area contributed by atoms with Crippen LogP contribution in [0.1, 0.15) is 18.9 Å². The summed E-state index contributed by atoms with van der Waals surface area (Å²) in [6.07, 6.45) is 1.98. The summed E-state index contributed by atoms with van der Waals surface area (Å²) in [6, 6.07) is 14.8. The zero-order valence-corrected chi connectivity index (χ0v) is 18.4. The van der Waals surface area contributed by atoms with Crippen LogP contribution in [0.2, 0.25) is 0 Å². The van der Waals surface area contributed by atoms with Crippen LogP contribution < -0.4 is 25.4 Å². The molecule has 4 rings (SSSR count). The second kappa shape index (κ2) is 9.36. The lowest BCUT2D eigenvalue weighted by Crippen LogP contribution is -2.32. The van der Waals surface area contributed by atoms with Gasteiger partial charge in [-0.15, -0.1) is 24.0 Å². The molecule has 2 aliphatic heterocycles. The third kappa shape index (κ3) is 4.63. The maximum Gasteiger partial charge on any atom is 0.193 e. The molecular formula is C21H27IN4O2. The number of anilines is 2. The lowest BCUT2D eigenvalue weighted by Gasteiger charge is -2.24. The first-order chi connectivity index (χ1) is 13.2. The van der Waals surface area contributed by atoms with Gasteiger partial charge in [-0.25, -0.2) is 0 Å². The number of hydrogen-bond acceptors (Lipinski definition) is 4. The molecule has 7 heteroatoms. The molecule has 0 bridgehead atoms. The molecule has 2 aromatic rings. The van der Waals surface area contributed by atoms with Gasteiger partial charge in [0.05, 0.1) is 19.8 Å². The summed E-state index contributed by atoms with van der Waals surface area (Å²) >= 11 is 0. The SMILES string of the molecule is CC1Cc2ccccc2N1CCN=C(N)Nc1ccc2c(c1)OCCCO2.I. The average Bonchev–Trinajstić information content (AvgIpc) is 2.83. The number of nitrogens with zero attached hydrogens (tertiary/aromatic N) is 2. The van der Waals surface area contributed by atoms with Gasteiger partial charge in [0.15, 0.2) is 17.5 Å². The molecule has 28 heavy (non-hydrogen) atoms. The highest BCUT2D eigenvalue weighted by Gasteiger charge is 2.24. The standard InChI is InChI=1S/C21H26N4O2.HI/c1-15-13-16-5-2-3-6-18(16)25(15)10-9-23-21(22)24-17-7-8-19-20(14-17)27-12-4-11-26-19;/h2-3,5-8,14-15H,4,9-13H2,1H3,(H3,22,23,24);1H. The normalized spacial score (nSPS) is 18.1. The maximum atomic E-state index is 6.07. The molecule has 150 valence electrons. The lowest BCUT2D eigenvalue weighted by atomic mass is 10.1. The lowest BCUT2D eigenvalue weighted by molar-refractivity contribution is 0.297. The van der Waals surface area contributed by atoms with Crippen molar-refractivity contribution in [3.63, 3.8) is 0 Å². The number of para-hydroxylation sites is 1. The van der Waals surface area contributed by atoms with E-state index >= 15 is 0 Å². The van der Waals surface area contributed by atoms with E-state index < -0.39 is 0 Å². The Bertz CT molecular complexity index is 843. The molecule has 0 saturated heterocycles. The van der Waals surface area contributed by atoms with E-state index in [0.717, 1.165) is 36.6 Å². The van der Waals surface area contributed by atoms with E-state index in [1.807, 2.05) is 18.2 Å². The predicted molar refractivity (Wildman–Crippen MR) is 125 cm³/mol. The number of ether oxygens (including phenoxy) is 2. The topological polar surface area (TPSA) is 72.1 Å². The minimum absolute atomic E-state index is 0. The van der Waals surface area contributed by atoms with E-state index in [-0.39, 0.29) is 24.0 Å². The molecule has 1 atom stereocenters. The third-order valence-corrected chi connectivity index (χ3v) is 4.99. The Morgan fingerprint density at radius 3 is 2.82 bits per heavy atom. The third-order valence-electron chi connectivity index (χ3n) is 4.99. The van der Waals surface area contributed by atoms with Gasteiger partial charge in [-0.1, -0.05) is 18.2 Å². The molecule has 0 aromatic heterocycles. The molecular weight excluding hydrogens is 467 g/mol. The summed E-state index contributed by atoms with van der Waals surface area (Å²) in [6.45, 7) is 5.09. The highest BCUT2D eigenvalue weighted by molar-refractivity contribution is 14.0. The van der Waals surface area contributed by atoms with E-state index in [4.69, 9.17) is 15.2 Å². The molecule has 0 fully saturated rings. The molecule has 2 aliphatic rings. The van der Waals surface area contributed by atoms with Crippen LogP contribution in [0.15, 0.2) is 47.5 Å². The van der Waals surface area contributed by atoms with E-state index in [1.54, 1.807) is 0 Å². The molecule has 0 spiro atoms. The predicted octanol–water partition coefficient (Wildman–Crippen LogP) is 3.64. The van der Waals surface area contributed by atoms with Crippen LogP contribution >= 0.6 is 24.0 Å². The van der Waals surface area contributed by atoms with Crippen LogP contribution in [0.5, 0.6) is 11.5 Å². The van der Waals surface area contributed by atoms with Crippen LogP contribution in [0.3, 0.4) is 0 Å². The fourth-order valence-corrected chi connectivity index (χ4v) is 3.68. The largest absolute Gasteiger partial charge is 0.490 e. The van der Waals surface area contributed by atoms with E-state index in [9.17, 15) is 0 Å². The Morgan fingerprint density at radius 1 is 1.18 bits per heavy atom. The molecule has 2 aromatic carbocycles. The summed E-state index contributed by atoms with van der Waals surface area (Å²) in [5, 5.41) is 3.14. The van der Waals surface area contributed by atoms with Crippen LogP contribution in [-0.2, 0) is 6.42 Å². The number of nitrogens with two attached hydrogens (primary N) is 1. The van der Waals surface area contributed by atoms with Gasteiger partial charge >= 0.3 is 0 Å². The van der Waals surface area contributed by atoms with Crippen molar-refractivity contribution in [3.05, 3.63) is 48.0 Å². The Labute approximate surface area is 183 Å². The Hall–Kier alpha value is -2.16. The smallest absolute Gasteiger partial charge is 0.193 e. The summed E-state index contributed by atoms with van der Waals surface area (Å²) < 4.78 is 11.4. The highest BCUT2D eigenvalue weighted by atomic mass is 127. The molecule has 2 heterocycles. The van der Waals surface area contributed by atoms with E-state index in [0.29, 0.717) is 31.8 Å². The summed E-state index contributed by atoms with van der Waals surface area (Å²) in [5.41, 5.74) is 9.65. The fraction of sp³-hybridized carbons (Fsp3) is 0.381. The highest BCUT2D eigenvalue weighted by Crippen LogP contribution is 2.32. The zero-order valence-electron chi connectivity index (χ0n) is 16.1. The minimum Gasteiger partial charge on any atom is -0.490 e. The molecule has 6 nitrogen and oxygen atoms in total. The Kier molecular flexibility index (Phi) is 6.88. The van der Waals surface area contributed by atoms with Crippen molar-refractivity contribution in [2.45, 2.75) is 25.8 Å². The number of rotatable bonds is 4. The second-order valence-electron chi connectivity index (χ2n) is 6.98. The van der Waals surface area contributed by atoms with Crippen molar-refractivity contribution in [2.24, 2.45) is 10.7 Å². The van der Waals surface area contributed by atoms with E-state index in [2.05, 4.69) is 46.4 Å². The fourth-order valence-electron chi connectivity index (χ4n) is 3.68. The van der Waals surface area contributed by atoms with Crippen LogP contribution in [-0.4, -0.2) is 38.3 Å². The van der Waals surface area contributed by atoms with Crippen molar-refractivity contribution in [1.82, 2.24) is 0 Å². The van der Waals surface area contributed by atoms with Crippen LogP contribution in [0.4, 0.5) is 11.4 Å². The van der Waals surface area contributed by atoms with Crippen molar-refractivity contribution < 1.29 is 9.47 Å². The number of guanidine groups is 1. The van der Waals surface area contributed by atoms with Crippen LogP contribution in [0, 0.1) is 0 Å². The number of benzene rings is 2. The van der Waals surface area contributed by atoms with Gasteiger partial charge in [-0.05, 0) is 37.1 Å². The van der Waals surface area contributed by atoms with Crippen molar-refractivity contribution >= 4 is 41.3 Å². The zero-order chi connectivity index (χ0) is 18.6. The molecule has 0 saturated carbocycles. The Balaban J connectivity index is 0.00000225. The van der Waals surface area contributed by atoms with Gasteiger partial charge in [-0.3, -0.25) is 4.99 Å². The van der Waals surface area contributed by atoms with Gasteiger partial charge in [0, 0.05) is 36.4 Å². The minimum atomic E-state index is 0. The van der Waals surface area contributed by atoms with Crippen molar-refractivity contribution in [2.75, 3.05) is 36.5 Å². The van der Waals surface area contributed by atoms with Gasteiger partial charge in [-0.2, -0.15) is 0 Å². The summed E-state index contributed by atoms with van der Waals surface area (Å²) in [4.78, 5) is 6.89. The first kappa shape index (κ1) is 20.6. The number of hydrogen-bond donors (Lipinski definition) is 2. The summed E-state index contributed by atoms with van der Waals surface area (Å²) in [7, 11) is 0.